The third-order valence-electron chi connectivity index (χ3n) is 4.05. The van der Waals surface area contributed by atoms with Gasteiger partial charge in [-0.1, -0.05) is 6.07 Å². The van der Waals surface area contributed by atoms with Gasteiger partial charge in [0.25, 0.3) is 5.91 Å². The molecular formula is C21H19N3O3S. The van der Waals surface area contributed by atoms with Crippen molar-refractivity contribution >= 4 is 29.2 Å². The molecule has 2 aromatic carbocycles. The Morgan fingerprint density at radius 3 is 2.68 bits per heavy atom. The fourth-order valence-corrected chi connectivity index (χ4v) is 3.35. The highest BCUT2D eigenvalue weighted by atomic mass is 32.2. The summed E-state index contributed by atoms with van der Waals surface area (Å²) in [5.74, 6) is 1.35. The van der Waals surface area contributed by atoms with E-state index in [1.807, 2.05) is 36.4 Å². The number of fused-ring (bicyclic) bond motifs is 1. The Hall–Kier alpha value is -3.19. The SMILES string of the molecule is O=C(Nc1cccnc1)c1cccc(NSc2ccc3c(c2)OCCCO3)c1. The molecule has 1 aliphatic rings. The molecule has 0 saturated heterocycles. The maximum atomic E-state index is 12.4. The van der Waals surface area contributed by atoms with Crippen molar-refractivity contribution in [3.8, 4) is 11.5 Å². The first kappa shape index (κ1) is 18.2. The first-order chi connectivity index (χ1) is 13.8. The maximum absolute atomic E-state index is 12.4. The lowest BCUT2D eigenvalue weighted by molar-refractivity contribution is 0.102. The van der Waals surface area contributed by atoms with Crippen molar-refractivity contribution in [2.24, 2.45) is 0 Å². The second-order valence-electron chi connectivity index (χ2n) is 6.14. The van der Waals surface area contributed by atoms with Crippen molar-refractivity contribution in [3.05, 3.63) is 72.6 Å². The summed E-state index contributed by atoms with van der Waals surface area (Å²) in [6, 6.07) is 16.8. The van der Waals surface area contributed by atoms with Crippen molar-refractivity contribution in [1.29, 1.82) is 0 Å². The first-order valence-electron chi connectivity index (χ1n) is 8.92. The topological polar surface area (TPSA) is 72.5 Å². The Kier molecular flexibility index (Phi) is 5.63. The predicted octanol–water partition coefficient (Wildman–Crippen LogP) is 4.61. The first-order valence-corrected chi connectivity index (χ1v) is 9.73. The summed E-state index contributed by atoms with van der Waals surface area (Å²) >= 11 is 1.45. The van der Waals surface area contributed by atoms with Gasteiger partial charge in [0.2, 0.25) is 0 Å². The van der Waals surface area contributed by atoms with E-state index in [-0.39, 0.29) is 5.91 Å². The van der Waals surface area contributed by atoms with Gasteiger partial charge >= 0.3 is 0 Å². The number of hydrogen-bond acceptors (Lipinski definition) is 6. The average Bonchev–Trinajstić information content (AvgIpc) is 2.98. The van der Waals surface area contributed by atoms with Crippen molar-refractivity contribution in [2.75, 3.05) is 23.3 Å². The zero-order valence-corrected chi connectivity index (χ0v) is 15.9. The second kappa shape index (κ2) is 8.67. The van der Waals surface area contributed by atoms with E-state index in [1.54, 1.807) is 30.6 Å². The molecule has 28 heavy (non-hydrogen) atoms. The molecule has 1 aromatic heterocycles. The highest BCUT2D eigenvalue weighted by Crippen LogP contribution is 2.34. The lowest BCUT2D eigenvalue weighted by Crippen LogP contribution is -2.12. The number of rotatable bonds is 5. The third kappa shape index (κ3) is 4.55. The van der Waals surface area contributed by atoms with Crippen LogP contribution in [-0.2, 0) is 0 Å². The highest BCUT2D eigenvalue weighted by molar-refractivity contribution is 8.00. The lowest BCUT2D eigenvalue weighted by atomic mass is 10.2. The number of hydrogen-bond donors (Lipinski definition) is 2. The minimum absolute atomic E-state index is 0.183. The molecule has 0 bridgehead atoms. The van der Waals surface area contributed by atoms with E-state index in [9.17, 15) is 4.79 Å². The highest BCUT2D eigenvalue weighted by Gasteiger charge is 2.11. The van der Waals surface area contributed by atoms with Crippen LogP contribution in [0, 0.1) is 0 Å². The van der Waals surface area contributed by atoms with Crippen LogP contribution in [0.5, 0.6) is 11.5 Å². The van der Waals surface area contributed by atoms with Crippen molar-refractivity contribution in [1.82, 2.24) is 4.98 Å². The Morgan fingerprint density at radius 2 is 1.82 bits per heavy atom. The van der Waals surface area contributed by atoms with Crippen molar-refractivity contribution < 1.29 is 14.3 Å². The number of benzene rings is 2. The molecule has 0 radical (unpaired) electrons. The third-order valence-corrected chi connectivity index (χ3v) is 4.88. The number of aromatic nitrogens is 1. The van der Waals surface area contributed by atoms with Gasteiger partial charge in [0.15, 0.2) is 11.5 Å². The summed E-state index contributed by atoms with van der Waals surface area (Å²) in [4.78, 5) is 17.4. The number of ether oxygens (including phenoxy) is 2. The maximum Gasteiger partial charge on any atom is 0.255 e. The van der Waals surface area contributed by atoms with Crippen LogP contribution in [0.4, 0.5) is 11.4 Å². The van der Waals surface area contributed by atoms with Gasteiger partial charge in [-0.3, -0.25) is 9.78 Å². The lowest BCUT2D eigenvalue weighted by Gasteiger charge is -2.11. The van der Waals surface area contributed by atoms with Gasteiger partial charge in [0.05, 0.1) is 25.1 Å². The zero-order valence-electron chi connectivity index (χ0n) is 15.1. The van der Waals surface area contributed by atoms with Gasteiger partial charge in [-0.05, 0) is 60.5 Å². The molecule has 0 unspecified atom stereocenters. The van der Waals surface area contributed by atoms with Crippen LogP contribution in [0.15, 0.2) is 71.9 Å². The predicted molar refractivity (Wildman–Crippen MR) is 110 cm³/mol. The number of nitrogens with zero attached hydrogens (tertiary/aromatic N) is 1. The average molecular weight is 393 g/mol. The van der Waals surface area contributed by atoms with E-state index < -0.39 is 0 Å². The van der Waals surface area contributed by atoms with Crippen LogP contribution in [0.1, 0.15) is 16.8 Å². The number of nitrogens with one attached hydrogen (secondary N) is 2. The number of carbonyl (C=O) groups is 1. The fourth-order valence-electron chi connectivity index (χ4n) is 2.69. The molecule has 0 aliphatic carbocycles. The van der Waals surface area contributed by atoms with Crippen LogP contribution in [0.3, 0.4) is 0 Å². The van der Waals surface area contributed by atoms with E-state index in [4.69, 9.17) is 9.47 Å². The van der Waals surface area contributed by atoms with Gasteiger partial charge in [0.1, 0.15) is 0 Å². The van der Waals surface area contributed by atoms with Gasteiger partial charge in [0, 0.05) is 28.8 Å². The molecule has 2 N–H and O–H groups in total. The van der Waals surface area contributed by atoms with Crippen LogP contribution in [-0.4, -0.2) is 24.1 Å². The molecule has 0 fully saturated rings. The minimum atomic E-state index is -0.183. The molecule has 1 amide bonds. The summed E-state index contributed by atoms with van der Waals surface area (Å²) in [6.07, 6.45) is 4.15. The van der Waals surface area contributed by atoms with Crippen molar-refractivity contribution in [3.63, 3.8) is 0 Å². The van der Waals surface area contributed by atoms with Gasteiger partial charge in [-0.25, -0.2) is 0 Å². The van der Waals surface area contributed by atoms with E-state index in [0.29, 0.717) is 24.5 Å². The standard InChI is InChI=1S/C21H19N3O3S/c25-21(23-17-6-2-9-22-14-17)15-4-1-5-16(12-15)24-28-18-7-8-19-20(13-18)27-11-3-10-26-19/h1-2,4-9,12-14,24H,3,10-11H2,(H,23,25). The van der Waals surface area contributed by atoms with Crippen LogP contribution in [0.2, 0.25) is 0 Å². The molecule has 1 aliphatic heterocycles. The molecular weight excluding hydrogens is 374 g/mol. The molecule has 3 aromatic rings. The van der Waals surface area contributed by atoms with E-state index in [1.165, 1.54) is 11.9 Å². The summed E-state index contributed by atoms with van der Waals surface area (Å²) in [5, 5.41) is 2.83. The van der Waals surface area contributed by atoms with Crippen LogP contribution < -0.4 is 19.5 Å². The Morgan fingerprint density at radius 1 is 0.964 bits per heavy atom. The Balaban J connectivity index is 1.41. The van der Waals surface area contributed by atoms with Gasteiger partial charge in [-0.2, -0.15) is 0 Å². The monoisotopic (exact) mass is 393 g/mol. The van der Waals surface area contributed by atoms with Gasteiger partial charge < -0.3 is 19.5 Å². The zero-order chi connectivity index (χ0) is 19.2. The minimum Gasteiger partial charge on any atom is -0.490 e. The fraction of sp³-hybridized carbons (Fsp3) is 0.143. The van der Waals surface area contributed by atoms with Crippen LogP contribution in [0.25, 0.3) is 0 Å². The molecule has 0 spiro atoms. The quantitative estimate of drug-likeness (QED) is 0.617. The Bertz CT molecular complexity index is 966. The normalized spacial score (nSPS) is 12.7. The number of amides is 1. The summed E-state index contributed by atoms with van der Waals surface area (Å²) in [7, 11) is 0. The summed E-state index contributed by atoms with van der Waals surface area (Å²) < 4.78 is 14.6. The molecule has 142 valence electrons. The van der Waals surface area contributed by atoms with E-state index in [2.05, 4.69) is 15.0 Å². The number of anilines is 2. The van der Waals surface area contributed by atoms with Crippen molar-refractivity contribution in [2.45, 2.75) is 11.3 Å². The largest absolute Gasteiger partial charge is 0.490 e. The number of pyridine rings is 1. The van der Waals surface area contributed by atoms with E-state index >= 15 is 0 Å². The second-order valence-corrected chi connectivity index (χ2v) is 7.02. The molecule has 7 heteroatoms. The molecule has 0 saturated carbocycles. The molecule has 0 atom stereocenters. The van der Waals surface area contributed by atoms with Gasteiger partial charge in [-0.15, -0.1) is 0 Å². The molecule has 2 heterocycles. The Labute approximate surface area is 167 Å². The molecule has 4 rings (SSSR count). The smallest absolute Gasteiger partial charge is 0.255 e. The van der Waals surface area contributed by atoms with E-state index in [0.717, 1.165) is 28.5 Å². The number of carbonyl (C=O) groups excluding carboxylic acids is 1. The summed E-state index contributed by atoms with van der Waals surface area (Å²) in [6.45, 7) is 1.33. The van der Waals surface area contributed by atoms with Crippen LogP contribution >= 0.6 is 11.9 Å². The molecule has 6 nitrogen and oxygen atoms in total. The summed E-state index contributed by atoms with van der Waals surface area (Å²) in [5.41, 5.74) is 2.05.